The molecule has 4 aromatic heterocycles. The first-order valence-electron chi connectivity index (χ1n) is 19.7. The van der Waals surface area contributed by atoms with Gasteiger partial charge in [-0.3, -0.25) is 9.97 Å². The highest BCUT2D eigenvalue weighted by Gasteiger charge is 2.17. The Balaban J connectivity index is 0.000000264. The summed E-state index contributed by atoms with van der Waals surface area (Å²) in [4.78, 5) is 16.3. The van der Waals surface area contributed by atoms with Crippen molar-refractivity contribution in [1.82, 2.24) is 19.9 Å². The van der Waals surface area contributed by atoms with Gasteiger partial charge in [0.25, 0.3) is 5.19 Å². The van der Waals surface area contributed by atoms with Crippen LogP contribution in [-0.4, -0.2) is 42.8 Å². The van der Waals surface area contributed by atoms with Crippen LogP contribution >= 0.6 is 11.3 Å². The van der Waals surface area contributed by atoms with E-state index in [1.807, 2.05) is 133 Å². The van der Waals surface area contributed by atoms with Crippen LogP contribution in [0.5, 0.6) is 22.6 Å². The summed E-state index contributed by atoms with van der Waals surface area (Å²) < 4.78 is 60.9. The molecule has 0 aliphatic carbocycles. The summed E-state index contributed by atoms with van der Waals surface area (Å²) in [5.74, 6) is -0.198. The molecule has 2 aromatic carbocycles. The normalized spacial score (nSPS) is 11.2. The largest absolute Gasteiger partial charge is 0.491 e. The molecule has 0 aliphatic rings. The number of nitriles is 1. The van der Waals surface area contributed by atoms with Gasteiger partial charge in [-0.15, -0.1) is 0 Å². The number of ether oxygens (including phenoxy) is 4. The number of benzene rings is 2. The molecule has 6 aromatic rings. The van der Waals surface area contributed by atoms with E-state index in [-0.39, 0.29) is 28.5 Å². The van der Waals surface area contributed by atoms with Gasteiger partial charge in [-0.1, -0.05) is 44.2 Å². The number of rotatable bonds is 5. The van der Waals surface area contributed by atoms with E-state index in [0.29, 0.717) is 17.2 Å². The number of hydrogen-bond acceptors (Lipinski definition) is 10. The SMILES string of the molecule is CC(C)(C)Oc1ccc(C#N)cn1.CC(C)(C)Oc1ccc(F)c(F)c1.CC(C)(C)Oc1nc2ccccc2s1.CC(C)(C)c1cc(F)ccn1.CC(C)Oc1ccncc1. The van der Waals surface area contributed by atoms with Crippen molar-refractivity contribution in [2.75, 3.05) is 0 Å². The topological polar surface area (TPSA) is 112 Å². The molecule has 0 N–H and O–H groups in total. The first kappa shape index (κ1) is 51.4. The van der Waals surface area contributed by atoms with Crippen LogP contribution in [0.25, 0.3) is 10.2 Å². The van der Waals surface area contributed by atoms with Gasteiger partial charge in [-0.25, -0.2) is 23.1 Å². The van der Waals surface area contributed by atoms with Gasteiger partial charge in [0.15, 0.2) is 11.6 Å². The highest BCUT2D eigenvalue weighted by molar-refractivity contribution is 7.20. The molecule has 0 radical (unpaired) electrons. The predicted octanol–water partition coefficient (Wildman–Crippen LogP) is 13.1. The zero-order valence-corrected chi connectivity index (χ0v) is 38.6. The fourth-order valence-corrected chi connectivity index (χ4v) is 5.36. The summed E-state index contributed by atoms with van der Waals surface area (Å²) in [6.45, 7) is 27.5. The molecule has 0 unspecified atom stereocenters. The van der Waals surface area contributed by atoms with Crippen LogP contribution in [-0.2, 0) is 5.41 Å². The van der Waals surface area contributed by atoms with E-state index in [2.05, 4.69) is 26.0 Å². The van der Waals surface area contributed by atoms with Crippen LogP contribution in [0, 0.1) is 28.8 Å². The smallest absolute Gasteiger partial charge is 0.274 e. The van der Waals surface area contributed by atoms with Gasteiger partial charge < -0.3 is 18.9 Å². The Kier molecular flexibility index (Phi) is 19.6. The summed E-state index contributed by atoms with van der Waals surface area (Å²) in [7, 11) is 0. The highest BCUT2D eigenvalue weighted by atomic mass is 32.1. The third-order valence-corrected chi connectivity index (χ3v) is 7.69. The molecule has 9 nitrogen and oxygen atoms in total. The van der Waals surface area contributed by atoms with Crippen LogP contribution in [0.2, 0.25) is 0 Å². The number of thiazole rings is 1. The number of halogens is 3. The second-order valence-electron chi connectivity index (χ2n) is 17.6. The third kappa shape index (κ3) is 22.4. The van der Waals surface area contributed by atoms with Gasteiger partial charge in [0.2, 0.25) is 5.88 Å². The Labute approximate surface area is 364 Å². The van der Waals surface area contributed by atoms with Crippen molar-refractivity contribution in [2.45, 2.75) is 125 Å². The van der Waals surface area contributed by atoms with E-state index in [1.54, 1.807) is 35.9 Å². The number of para-hydroxylation sites is 1. The van der Waals surface area contributed by atoms with Gasteiger partial charge in [0.1, 0.15) is 40.2 Å². The molecule has 0 aliphatic heterocycles. The molecule has 0 spiro atoms. The first-order chi connectivity index (χ1) is 28.2. The number of pyridine rings is 3. The lowest BCUT2D eigenvalue weighted by atomic mass is 9.92. The van der Waals surface area contributed by atoms with Gasteiger partial charge in [0.05, 0.1) is 21.9 Å². The molecule has 0 bridgehead atoms. The predicted molar refractivity (Wildman–Crippen MR) is 239 cm³/mol. The summed E-state index contributed by atoms with van der Waals surface area (Å²) in [5, 5.41) is 9.28. The Bertz CT molecular complexity index is 2200. The minimum absolute atomic E-state index is 0.0674. The van der Waals surface area contributed by atoms with E-state index < -0.39 is 17.2 Å². The summed E-state index contributed by atoms with van der Waals surface area (Å²) >= 11 is 1.59. The summed E-state index contributed by atoms with van der Waals surface area (Å²) in [5.41, 5.74) is 1.46. The molecule has 0 saturated carbocycles. The van der Waals surface area contributed by atoms with Crippen LogP contribution in [0.1, 0.15) is 108 Å². The van der Waals surface area contributed by atoms with E-state index >= 15 is 0 Å². The molecule has 61 heavy (non-hydrogen) atoms. The number of nitrogens with zero attached hydrogens (tertiary/aromatic N) is 5. The van der Waals surface area contributed by atoms with E-state index in [9.17, 15) is 13.2 Å². The van der Waals surface area contributed by atoms with Crippen molar-refractivity contribution in [3.63, 3.8) is 0 Å². The van der Waals surface area contributed by atoms with Crippen LogP contribution in [0.15, 0.2) is 104 Å². The third-order valence-electron chi connectivity index (χ3n) is 6.77. The average Bonchev–Trinajstić information content (AvgIpc) is 3.54. The Hall–Kier alpha value is -5.74. The standard InChI is InChI=1S/C11H13NOS.C10H12F2O.C10H12N2O.C9H12FN.C8H11NO/c1-11(2,3)13-10-12-8-6-4-5-7-9(8)14-10;1-10(2,3)13-7-4-5-8(11)9(12)6-7;1-10(2,3)13-9-5-4-8(6-11)7-12-9;1-9(2,3)8-6-7(10)4-5-11-8;1-7(2)10-8-3-5-9-6-4-8/h4-7H,1-3H3;4-6H,1-3H3;4-5,7H,1-3H3;4-6H,1-3H3;3-7H,1-2H3. The fourth-order valence-electron chi connectivity index (χ4n) is 4.37. The maximum Gasteiger partial charge on any atom is 0.274 e. The molecule has 328 valence electrons. The van der Waals surface area contributed by atoms with Gasteiger partial charge in [0, 0.05) is 48.0 Å². The van der Waals surface area contributed by atoms with Crippen LogP contribution in [0.3, 0.4) is 0 Å². The zero-order chi connectivity index (χ0) is 46.0. The van der Waals surface area contributed by atoms with Crippen molar-refractivity contribution in [3.05, 3.63) is 132 Å². The monoisotopic (exact) mass is 859 g/mol. The van der Waals surface area contributed by atoms with E-state index in [1.165, 1.54) is 35.3 Å². The molecule has 6 rings (SSSR count). The fraction of sp³-hybridized carbons (Fsp3) is 0.396. The second-order valence-corrected chi connectivity index (χ2v) is 18.6. The maximum absolute atomic E-state index is 12.7. The lowest BCUT2D eigenvalue weighted by Gasteiger charge is -2.21. The van der Waals surface area contributed by atoms with Crippen LogP contribution in [0.4, 0.5) is 13.2 Å². The van der Waals surface area contributed by atoms with E-state index in [4.69, 9.17) is 24.2 Å². The van der Waals surface area contributed by atoms with Crippen molar-refractivity contribution in [3.8, 4) is 28.6 Å². The molecule has 13 heteroatoms. The Morgan fingerprint density at radius 1 is 0.639 bits per heavy atom. The van der Waals surface area contributed by atoms with Gasteiger partial charge in [-0.2, -0.15) is 5.26 Å². The number of fused-ring (bicyclic) bond motifs is 1. The lowest BCUT2D eigenvalue weighted by Crippen LogP contribution is -2.23. The zero-order valence-electron chi connectivity index (χ0n) is 37.8. The summed E-state index contributed by atoms with van der Waals surface area (Å²) in [6.07, 6.45) is 6.68. The Morgan fingerprint density at radius 2 is 1.26 bits per heavy atom. The molecule has 4 heterocycles. The Morgan fingerprint density at radius 3 is 1.74 bits per heavy atom. The molecule has 0 amide bonds. The van der Waals surface area contributed by atoms with Crippen molar-refractivity contribution < 1.29 is 32.1 Å². The molecular formula is C48H60F3N5O4S. The minimum atomic E-state index is -0.887. The molecule has 0 atom stereocenters. The molecular weight excluding hydrogens is 800 g/mol. The number of aromatic nitrogens is 4. The highest BCUT2D eigenvalue weighted by Crippen LogP contribution is 2.30. The average molecular weight is 860 g/mol. The second kappa shape index (κ2) is 23.3. The lowest BCUT2D eigenvalue weighted by molar-refractivity contribution is 0.124. The molecule has 0 saturated heterocycles. The van der Waals surface area contributed by atoms with E-state index in [0.717, 1.165) is 34.3 Å². The van der Waals surface area contributed by atoms with Crippen molar-refractivity contribution >= 4 is 21.6 Å². The first-order valence-corrected chi connectivity index (χ1v) is 20.5. The number of hydrogen-bond donors (Lipinski definition) is 0. The molecule has 0 fully saturated rings. The van der Waals surface area contributed by atoms with Crippen molar-refractivity contribution in [1.29, 1.82) is 5.26 Å². The van der Waals surface area contributed by atoms with Crippen molar-refractivity contribution in [2.24, 2.45) is 0 Å². The summed E-state index contributed by atoms with van der Waals surface area (Å²) in [6, 6.07) is 23.5. The van der Waals surface area contributed by atoms with Gasteiger partial charge >= 0.3 is 0 Å². The van der Waals surface area contributed by atoms with Gasteiger partial charge in [-0.05, 0) is 131 Å². The quantitative estimate of drug-likeness (QED) is 0.167. The van der Waals surface area contributed by atoms with Crippen LogP contribution < -0.4 is 18.9 Å². The maximum atomic E-state index is 12.7. The minimum Gasteiger partial charge on any atom is -0.491 e.